The fourth-order valence-electron chi connectivity index (χ4n) is 5.76. The zero-order chi connectivity index (χ0) is 29.4. The molecule has 0 aromatic heterocycles. The first-order valence-electron chi connectivity index (χ1n) is 15.3. The maximum atomic E-state index is 13.3. The Labute approximate surface area is 242 Å². The average Bonchev–Trinajstić information content (AvgIpc) is 2.90. The molecule has 40 heavy (non-hydrogen) atoms. The molecular weight excluding hydrogens is 502 g/mol. The first kappa shape index (κ1) is 32.1. The largest absolute Gasteiger partial charge is 0.487 e. The summed E-state index contributed by atoms with van der Waals surface area (Å²) in [5.41, 5.74) is 2.05. The molecule has 2 amide bonds. The summed E-state index contributed by atoms with van der Waals surface area (Å²) in [6.45, 7) is 12.9. The summed E-state index contributed by atoms with van der Waals surface area (Å²) >= 11 is 0. The van der Waals surface area contributed by atoms with Gasteiger partial charge in [-0.05, 0) is 63.5 Å². The first-order valence-corrected chi connectivity index (χ1v) is 15.3. The fraction of sp³-hybridized carbons (Fsp3) is 0.697. The van der Waals surface area contributed by atoms with Crippen molar-refractivity contribution in [2.45, 2.75) is 129 Å². The van der Waals surface area contributed by atoms with E-state index in [0.717, 1.165) is 49.8 Å². The van der Waals surface area contributed by atoms with E-state index in [9.17, 15) is 14.7 Å². The number of fused-ring (bicyclic) bond motifs is 1. The van der Waals surface area contributed by atoms with E-state index in [1.165, 1.54) is 10.5 Å². The van der Waals surface area contributed by atoms with Crippen LogP contribution in [0.2, 0.25) is 0 Å². The molecule has 2 heterocycles. The highest BCUT2D eigenvalue weighted by Crippen LogP contribution is 2.40. The third kappa shape index (κ3) is 9.07. The molecule has 7 heteroatoms. The molecule has 5 atom stereocenters. The maximum absolute atomic E-state index is 13.3. The molecule has 1 aromatic carbocycles. The molecule has 0 saturated heterocycles. The average molecular weight is 556 g/mol. The third-order valence-electron chi connectivity index (χ3n) is 8.56. The molecule has 0 unspecified atom stereocenters. The van der Waals surface area contributed by atoms with E-state index in [4.69, 9.17) is 4.74 Å². The van der Waals surface area contributed by atoms with E-state index in [-0.39, 0.29) is 23.5 Å². The van der Waals surface area contributed by atoms with Gasteiger partial charge in [-0.25, -0.2) is 0 Å². The van der Waals surface area contributed by atoms with E-state index in [1.54, 1.807) is 14.0 Å². The minimum absolute atomic E-state index is 0.0298. The molecule has 0 spiro atoms. The Balaban J connectivity index is 1.76. The van der Waals surface area contributed by atoms with Gasteiger partial charge in [-0.3, -0.25) is 9.59 Å². The van der Waals surface area contributed by atoms with Gasteiger partial charge >= 0.3 is 0 Å². The molecule has 2 aliphatic rings. The molecule has 7 nitrogen and oxygen atoms in total. The van der Waals surface area contributed by atoms with Crippen molar-refractivity contribution < 1.29 is 19.4 Å². The van der Waals surface area contributed by atoms with Crippen LogP contribution < -0.4 is 15.4 Å². The molecule has 2 aliphatic heterocycles. The second-order valence-corrected chi connectivity index (χ2v) is 13.0. The SMILES string of the molecule is CC(C)c1ccc2c(c1)[C@@H](NC[C@@H](O)[C@@H]1C[C@H](C)CCCCC/C=C/CC(=O)N(C)[C@@H](C)C(=O)N1)CC(C)(C)O2. The van der Waals surface area contributed by atoms with E-state index in [2.05, 4.69) is 69.5 Å². The number of hydrogen-bond donors (Lipinski definition) is 3. The lowest BCUT2D eigenvalue weighted by Crippen LogP contribution is -2.54. The summed E-state index contributed by atoms with van der Waals surface area (Å²) in [5.74, 6) is 1.33. The van der Waals surface area contributed by atoms with Crippen LogP contribution in [-0.4, -0.2) is 59.2 Å². The molecule has 3 rings (SSSR count). The van der Waals surface area contributed by atoms with Crippen molar-refractivity contribution in [3.05, 3.63) is 41.5 Å². The van der Waals surface area contributed by atoms with Gasteiger partial charge in [-0.15, -0.1) is 0 Å². The number of nitrogens with one attached hydrogen (secondary N) is 2. The zero-order valence-electron chi connectivity index (χ0n) is 25.8. The Morgan fingerprint density at radius 2 is 1.90 bits per heavy atom. The van der Waals surface area contributed by atoms with Crippen LogP contribution in [0.5, 0.6) is 5.75 Å². The standard InChI is InChI=1S/C33H53N3O4/c1-22(2)25-16-17-30-26(19-25)28(20-33(5,6)40-30)34-21-29(37)27-18-23(3)14-12-10-8-9-11-13-15-31(38)36(7)24(4)32(39)35-27/h11,13,16-17,19,22-24,27-29,34,37H,8-10,12,14-15,18,20-21H2,1-7H3,(H,35,39)/b13-11+/t23-,24+,27+,28+,29-/m1/s1. The van der Waals surface area contributed by atoms with Crippen molar-refractivity contribution in [3.63, 3.8) is 0 Å². The van der Waals surface area contributed by atoms with Crippen molar-refractivity contribution in [2.75, 3.05) is 13.6 Å². The maximum Gasteiger partial charge on any atom is 0.242 e. The highest BCUT2D eigenvalue weighted by Gasteiger charge is 2.35. The van der Waals surface area contributed by atoms with Gasteiger partial charge in [-0.2, -0.15) is 0 Å². The van der Waals surface area contributed by atoms with Crippen LogP contribution >= 0.6 is 0 Å². The summed E-state index contributed by atoms with van der Waals surface area (Å²) in [6.07, 6.45) is 10.4. The summed E-state index contributed by atoms with van der Waals surface area (Å²) in [5, 5.41) is 18.2. The number of ether oxygens (including phenoxy) is 1. The van der Waals surface area contributed by atoms with Gasteiger partial charge in [0, 0.05) is 38.0 Å². The molecular formula is C33H53N3O4. The zero-order valence-corrected chi connectivity index (χ0v) is 25.8. The molecule has 0 fully saturated rings. The topological polar surface area (TPSA) is 90.9 Å². The lowest BCUT2D eigenvalue weighted by Gasteiger charge is -2.39. The van der Waals surface area contributed by atoms with Gasteiger partial charge < -0.3 is 25.4 Å². The highest BCUT2D eigenvalue weighted by atomic mass is 16.5. The van der Waals surface area contributed by atoms with Crippen molar-refractivity contribution in [1.29, 1.82) is 0 Å². The van der Waals surface area contributed by atoms with Crippen LogP contribution in [0.1, 0.15) is 116 Å². The van der Waals surface area contributed by atoms with Gasteiger partial charge in [-0.1, -0.05) is 64.3 Å². The number of allylic oxidation sites excluding steroid dienone is 1. The number of likely N-dealkylation sites (N-methyl/N-ethyl adjacent to an activating group) is 1. The van der Waals surface area contributed by atoms with Crippen LogP contribution in [0, 0.1) is 5.92 Å². The molecule has 0 radical (unpaired) electrons. The number of hydrogen-bond acceptors (Lipinski definition) is 5. The normalized spacial score (nSPS) is 28.4. The Hall–Kier alpha value is -2.38. The number of nitrogens with zero attached hydrogens (tertiary/aromatic N) is 1. The van der Waals surface area contributed by atoms with Gasteiger partial charge in [0.2, 0.25) is 11.8 Å². The highest BCUT2D eigenvalue weighted by molar-refractivity contribution is 5.87. The van der Waals surface area contributed by atoms with Crippen molar-refractivity contribution in [2.24, 2.45) is 5.92 Å². The number of rotatable bonds is 5. The lowest BCUT2D eigenvalue weighted by atomic mass is 9.87. The van der Waals surface area contributed by atoms with Crippen molar-refractivity contribution in [1.82, 2.24) is 15.5 Å². The van der Waals surface area contributed by atoms with Gasteiger partial charge in [0.05, 0.1) is 12.1 Å². The Bertz CT molecular complexity index is 1020. The third-order valence-corrected chi connectivity index (χ3v) is 8.56. The number of aliphatic hydroxyl groups excluding tert-OH is 1. The minimum atomic E-state index is -0.774. The Morgan fingerprint density at radius 1 is 1.15 bits per heavy atom. The molecule has 0 bridgehead atoms. The first-order chi connectivity index (χ1) is 18.9. The second kappa shape index (κ2) is 14.5. The minimum Gasteiger partial charge on any atom is -0.487 e. The number of amides is 2. The number of aliphatic hydroxyl groups is 1. The van der Waals surface area contributed by atoms with Crippen LogP contribution in [0.4, 0.5) is 0 Å². The quantitative estimate of drug-likeness (QED) is 0.410. The lowest BCUT2D eigenvalue weighted by molar-refractivity contribution is -0.138. The Morgan fingerprint density at radius 3 is 2.62 bits per heavy atom. The summed E-state index contributed by atoms with van der Waals surface area (Å²) in [6, 6.07) is 5.41. The van der Waals surface area contributed by atoms with Crippen molar-refractivity contribution >= 4 is 11.8 Å². The summed E-state index contributed by atoms with van der Waals surface area (Å²) in [7, 11) is 1.68. The van der Waals surface area contributed by atoms with Crippen LogP contribution in [0.3, 0.4) is 0 Å². The number of carbonyl (C=O) groups excluding carboxylic acids is 2. The van der Waals surface area contributed by atoms with Crippen molar-refractivity contribution in [3.8, 4) is 5.75 Å². The predicted octanol–water partition coefficient (Wildman–Crippen LogP) is 5.63. The molecule has 0 saturated carbocycles. The van der Waals surface area contributed by atoms with Gasteiger partial charge in [0.15, 0.2) is 0 Å². The predicted molar refractivity (Wildman–Crippen MR) is 161 cm³/mol. The summed E-state index contributed by atoms with van der Waals surface area (Å²) < 4.78 is 6.28. The molecule has 0 aliphatic carbocycles. The van der Waals surface area contributed by atoms with Crippen LogP contribution in [-0.2, 0) is 9.59 Å². The smallest absolute Gasteiger partial charge is 0.242 e. The number of benzene rings is 1. The fourth-order valence-corrected chi connectivity index (χ4v) is 5.76. The monoisotopic (exact) mass is 555 g/mol. The molecule has 3 N–H and O–H groups in total. The second-order valence-electron chi connectivity index (χ2n) is 13.0. The van der Waals surface area contributed by atoms with Crippen LogP contribution in [0.15, 0.2) is 30.4 Å². The van der Waals surface area contributed by atoms with Gasteiger partial charge in [0.25, 0.3) is 0 Å². The van der Waals surface area contributed by atoms with Crippen LogP contribution in [0.25, 0.3) is 0 Å². The van der Waals surface area contributed by atoms with E-state index in [0.29, 0.717) is 31.2 Å². The number of carbonyl (C=O) groups is 2. The van der Waals surface area contributed by atoms with E-state index < -0.39 is 18.2 Å². The van der Waals surface area contributed by atoms with E-state index in [1.807, 2.05) is 6.08 Å². The molecule has 224 valence electrons. The summed E-state index contributed by atoms with van der Waals surface area (Å²) in [4.78, 5) is 27.4. The molecule has 1 aromatic rings. The van der Waals surface area contributed by atoms with E-state index >= 15 is 0 Å². The van der Waals surface area contributed by atoms with Gasteiger partial charge in [0.1, 0.15) is 17.4 Å². The Kier molecular flexibility index (Phi) is 11.6.